The van der Waals surface area contributed by atoms with Crippen molar-refractivity contribution in [3.8, 4) is 0 Å². The number of carbonyl (C=O) groups is 2. The Morgan fingerprint density at radius 1 is 1.00 bits per heavy atom. The van der Waals surface area contributed by atoms with Crippen molar-refractivity contribution >= 4 is 17.6 Å². The van der Waals surface area contributed by atoms with Crippen molar-refractivity contribution in [2.75, 3.05) is 18.4 Å². The molecule has 2 aromatic rings. The van der Waals surface area contributed by atoms with E-state index in [0.717, 1.165) is 18.5 Å². The van der Waals surface area contributed by atoms with Crippen molar-refractivity contribution in [3.05, 3.63) is 60.4 Å². The van der Waals surface area contributed by atoms with Crippen LogP contribution < -0.4 is 10.6 Å². The van der Waals surface area contributed by atoms with Crippen molar-refractivity contribution in [2.45, 2.75) is 18.9 Å². The maximum atomic E-state index is 12.4. The van der Waals surface area contributed by atoms with Crippen LogP contribution in [0, 0.1) is 0 Å². The number of amides is 3. The molecule has 124 valence electrons. The molecule has 0 atom stereocenters. The van der Waals surface area contributed by atoms with Crippen molar-refractivity contribution in [1.82, 2.24) is 15.2 Å². The van der Waals surface area contributed by atoms with Crippen molar-refractivity contribution in [1.29, 1.82) is 0 Å². The Balaban J connectivity index is 1.47. The smallest absolute Gasteiger partial charge is 0.319 e. The van der Waals surface area contributed by atoms with Crippen molar-refractivity contribution < 1.29 is 9.59 Å². The lowest BCUT2D eigenvalue weighted by Gasteiger charge is -2.32. The predicted octanol–water partition coefficient (Wildman–Crippen LogP) is 2.51. The van der Waals surface area contributed by atoms with E-state index in [1.807, 2.05) is 35.2 Å². The van der Waals surface area contributed by atoms with Crippen molar-refractivity contribution in [2.24, 2.45) is 0 Å². The van der Waals surface area contributed by atoms with Crippen molar-refractivity contribution in [3.63, 3.8) is 0 Å². The molecule has 2 N–H and O–H groups in total. The Bertz CT molecular complexity index is 683. The average Bonchev–Trinajstić information content (AvgIpc) is 2.63. The van der Waals surface area contributed by atoms with Gasteiger partial charge in [-0.25, -0.2) is 4.79 Å². The van der Waals surface area contributed by atoms with Crippen LogP contribution in [0.3, 0.4) is 0 Å². The summed E-state index contributed by atoms with van der Waals surface area (Å²) in [6.45, 7) is 1.27. The quantitative estimate of drug-likeness (QED) is 0.911. The van der Waals surface area contributed by atoms with Gasteiger partial charge in [0.25, 0.3) is 5.91 Å². The van der Waals surface area contributed by atoms with Gasteiger partial charge >= 0.3 is 6.03 Å². The Hall–Kier alpha value is -2.89. The minimum absolute atomic E-state index is 0.0181. The van der Waals surface area contributed by atoms with Gasteiger partial charge in [0.1, 0.15) is 0 Å². The molecule has 6 nitrogen and oxygen atoms in total. The molecule has 1 aromatic carbocycles. The SMILES string of the molecule is O=C(Nc1ccccc1)NC1CCN(C(=O)c2ccncc2)CC1. The summed E-state index contributed by atoms with van der Waals surface area (Å²) in [7, 11) is 0. The molecule has 24 heavy (non-hydrogen) atoms. The topological polar surface area (TPSA) is 74.3 Å². The molecule has 6 heteroatoms. The monoisotopic (exact) mass is 324 g/mol. The standard InChI is InChI=1S/C18H20N4O2/c23-17(14-6-10-19-11-7-14)22-12-8-16(9-13-22)21-18(24)20-15-4-2-1-3-5-15/h1-7,10-11,16H,8-9,12-13H2,(H2,20,21,24). The molecule has 0 saturated carbocycles. The van der Waals surface area contributed by atoms with Crippen LogP contribution in [0.5, 0.6) is 0 Å². The van der Waals surface area contributed by atoms with Crippen LogP contribution in [-0.2, 0) is 0 Å². The fraction of sp³-hybridized carbons (Fsp3) is 0.278. The zero-order valence-corrected chi connectivity index (χ0v) is 13.3. The van der Waals surface area contributed by atoms with Gasteiger partial charge in [0.15, 0.2) is 0 Å². The average molecular weight is 324 g/mol. The summed E-state index contributed by atoms with van der Waals surface area (Å²) in [5, 5.41) is 5.78. The molecule has 3 amide bonds. The molecule has 1 saturated heterocycles. The summed E-state index contributed by atoms with van der Waals surface area (Å²) in [6.07, 6.45) is 4.74. The van der Waals surface area contributed by atoms with E-state index >= 15 is 0 Å². The number of likely N-dealkylation sites (tertiary alicyclic amines) is 1. The number of hydrogen-bond acceptors (Lipinski definition) is 3. The van der Waals surface area contributed by atoms with Gasteiger partial charge in [-0.1, -0.05) is 18.2 Å². The van der Waals surface area contributed by atoms with E-state index in [9.17, 15) is 9.59 Å². The summed E-state index contributed by atoms with van der Waals surface area (Å²) in [4.78, 5) is 30.1. The second-order valence-electron chi connectivity index (χ2n) is 5.77. The summed E-state index contributed by atoms with van der Waals surface area (Å²) in [5.41, 5.74) is 1.42. The fourth-order valence-electron chi connectivity index (χ4n) is 2.78. The predicted molar refractivity (Wildman–Crippen MR) is 91.8 cm³/mol. The molecule has 1 aromatic heterocycles. The summed E-state index contributed by atoms with van der Waals surface area (Å²) in [5.74, 6) is 0.0181. The molecule has 1 aliphatic rings. The number of carbonyl (C=O) groups excluding carboxylic acids is 2. The summed E-state index contributed by atoms with van der Waals surface area (Å²) < 4.78 is 0. The number of hydrogen-bond donors (Lipinski definition) is 2. The highest BCUT2D eigenvalue weighted by Gasteiger charge is 2.24. The summed E-state index contributed by atoms with van der Waals surface area (Å²) >= 11 is 0. The third-order valence-corrected chi connectivity index (χ3v) is 4.08. The Morgan fingerprint density at radius 3 is 2.33 bits per heavy atom. The molecule has 0 unspecified atom stereocenters. The Labute approximate surface area is 140 Å². The van der Waals surface area contributed by atoms with E-state index in [1.54, 1.807) is 24.5 Å². The maximum Gasteiger partial charge on any atom is 0.319 e. The lowest BCUT2D eigenvalue weighted by atomic mass is 10.0. The highest BCUT2D eigenvalue weighted by atomic mass is 16.2. The van der Waals surface area contributed by atoms with Gasteiger partial charge in [-0.3, -0.25) is 9.78 Å². The first-order chi connectivity index (χ1) is 11.7. The number of para-hydroxylation sites is 1. The van der Waals surface area contributed by atoms with Gasteiger partial charge in [0, 0.05) is 42.8 Å². The molecular formula is C18H20N4O2. The van der Waals surface area contributed by atoms with Crippen LogP contribution >= 0.6 is 0 Å². The molecule has 1 fully saturated rings. The molecule has 0 aliphatic carbocycles. The van der Waals surface area contributed by atoms with Crippen LogP contribution in [0.2, 0.25) is 0 Å². The zero-order valence-electron chi connectivity index (χ0n) is 13.3. The van der Waals surface area contributed by atoms with E-state index in [-0.39, 0.29) is 18.0 Å². The van der Waals surface area contributed by atoms with Gasteiger partial charge in [0.2, 0.25) is 0 Å². The second-order valence-corrected chi connectivity index (χ2v) is 5.77. The number of rotatable bonds is 3. The lowest BCUT2D eigenvalue weighted by molar-refractivity contribution is 0.0708. The molecule has 0 spiro atoms. The number of nitrogens with zero attached hydrogens (tertiary/aromatic N) is 2. The minimum atomic E-state index is -0.208. The van der Waals surface area contributed by atoms with Gasteiger partial charge < -0.3 is 15.5 Å². The van der Waals surface area contributed by atoms with Crippen LogP contribution in [0.1, 0.15) is 23.2 Å². The van der Waals surface area contributed by atoms with Gasteiger partial charge in [0.05, 0.1) is 0 Å². The maximum absolute atomic E-state index is 12.4. The Morgan fingerprint density at radius 2 is 1.67 bits per heavy atom. The van der Waals surface area contributed by atoms with E-state index < -0.39 is 0 Å². The molecule has 2 heterocycles. The van der Waals surface area contributed by atoms with Crippen LogP contribution in [0.4, 0.5) is 10.5 Å². The fourth-order valence-corrected chi connectivity index (χ4v) is 2.78. The molecule has 1 aliphatic heterocycles. The first kappa shape index (κ1) is 16.0. The van der Waals surface area contributed by atoms with E-state index in [4.69, 9.17) is 0 Å². The minimum Gasteiger partial charge on any atom is -0.338 e. The number of pyridine rings is 1. The molecule has 0 radical (unpaired) electrons. The third-order valence-electron chi connectivity index (χ3n) is 4.08. The lowest BCUT2D eigenvalue weighted by Crippen LogP contribution is -2.47. The number of piperidine rings is 1. The number of benzene rings is 1. The van der Waals surface area contributed by atoms with Gasteiger partial charge in [-0.15, -0.1) is 0 Å². The molecular weight excluding hydrogens is 304 g/mol. The Kier molecular flexibility index (Phi) is 5.05. The van der Waals surface area contributed by atoms with E-state index in [2.05, 4.69) is 15.6 Å². The number of anilines is 1. The summed E-state index contributed by atoms with van der Waals surface area (Å²) in [6, 6.07) is 12.6. The third kappa shape index (κ3) is 4.10. The van der Waals surface area contributed by atoms with Gasteiger partial charge in [-0.05, 0) is 37.1 Å². The number of urea groups is 1. The molecule has 0 bridgehead atoms. The van der Waals surface area contributed by atoms with Crippen LogP contribution in [0.25, 0.3) is 0 Å². The first-order valence-electron chi connectivity index (χ1n) is 8.04. The van der Waals surface area contributed by atoms with Crippen LogP contribution in [0.15, 0.2) is 54.9 Å². The largest absolute Gasteiger partial charge is 0.338 e. The number of aromatic nitrogens is 1. The normalized spacial score (nSPS) is 14.9. The highest BCUT2D eigenvalue weighted by Crippen LogP contribution is 2.14. The number of nitrogens with one attached hydrogen (secondary N) is 2. The highest BCUT2D eigenvalue weighted by molar-refractivity contribution is 5.94. The zero-order chi connectivity index (χ0) is 16.8. The second kappa shape index (κ2) is 7.59. The van der Waals surface area contributed by atoms with Crippen LogP contribution in [-0.4, -0.2) is 41.0 Å². The van der Waals surface area contributed by atoms with E-state index in [0.29, 0.717) is 18.7 Å². The van der Waals surface area contributed by atoms with Gasteiger partial charge in [-0.2, -0.15) is 0 Å². The van der Waals surface area contributed by atoms with E-state index in [1.165, 1.54) is 0 Å². The molecule has 3 rings (SSSR count). The first-order valence-corrected chi connectivity index (χ1v) is 8.04.